The highest BCUT2D eigenvalue weighted by atomic mass is 16.5. The molecule has 0 atom stereocenters. The Kier molecular flexibility index (Phi) is 4.91. The van der Waals surface area contributed by atoms with Crippen molar-refractivity contribution in [3.05, 3.63) is 76.9 Å². The molecule has 1 aromatic carbocycles. The van der Waals surface area contributed by atoms with E-state index in [0.717, 1.165) is 5.56 Å². The molecule has 0 aliphatic heterocycles. The molecular formula is C20H17N3O2. The molecule has 0 unspecified atom stereocenters. The zero-order valence-electron chi connectivity index (χ0n) is 14.0. The van der Waals surface area contributed by atoms with Gasteiger partial charge in [-0.15, -0.1) is 0 Å². The number of carbonyl (C=O) groups is 1. The first-order valence-electron chi connectivity index (χ1n) is 7.97. The molecule has 0 bridgehead atoms. The molecule has 5 nitrogen and oxygen atoms in total. The van der Waals surface area contributed by atoms with Crippen LogP contribution in [0.2, 0.25) is 0 Å². The lowest BCUT2D eigenvalue weighted by Gasteiger charge is -2.05. The first-order chi connectivity index (χ1) is 12.2. The highest BCUT2D eigenvalue weighted by Crippen LogP contribution is 2.17. The Balaban J connectivity index is 1.79. The van der Waals surface area contributed by atoms with Gasteiger partial charge in [0.25, 0.3) is 5.91 Å². The largest absolute Gasteiger partial charge is 0.361 e. The number of hydrogen-bond donors (Lipinski definition) is 1. The number of pyridine rings is 1. The minimum absolute atomic E-state index is 0.231. The maximum atomic E-state index is 12.5. The molecule has 124 valence electrons. The predicted octanol–water partition coefficient (Wildman–Crippen LogP) is 3.59. The monoisotopic (exact) mass is 331 g/mol. The molecular weight excluding hydrogens is 314 g/mol. The first-order valence-corrected chi connectivity index (χ1v) is 7.97. The Morgan fingerprint density at radius 1 is 1.20 bits per heavy atom. The van der Waals surface area contributed by atoms with Crippen molar-refractivity contribution in [2.24, 2.45) is 0 Å². The number of rotatable bonds is 3. The van der Waals surface area contributed by atoms with Crippen molar-refractivity contribution >= 4 is 11.6 Å². The molecule has 0 spiro atoms. The quantitative estimate of drug-likeness (QED) is 0.745. The minimum atomic E-state index is -0.231. The average Bonchev–Trinajstić information content (AvgIpc) is 3.02. The van der Waals surface area contributed by atoms with Crippen molar-refractivity contribution in [1.82, 2.24) is 10.1 Å². The zero-order valence-corrected chi connectivity index (χ0v) is 14.0. The predicted molar refractivity (Wildman–Crippen MR) is 95.2 cm³/mol. The van der Waals surface area contributed by atoms with Gasteiger partial charge in [0.05, 0.1) is 5.69 Å². The van der Waals surface area contributed by atoms with E-state index in [1.54, 1.807) is 13.1 Å². The van der Waals surface area contributed by atoms with Crippen molar-refractivity contribution in [3.63, 3.8) is 0 Å². The Morgan fingerprint density at radius 2 is 2.08 bits per heavy atom. The number of aromatic nitrogens is 2. The molecule has 0 fully saturated rings. The highest BCUT2D eigenvalue weighted by Gasteiger charge is 2.19. The lowest BCUT2D eigenvalue weighted by molar-refractivity contribution is 0.102. The van der Waals surface area contributed by atoms with Crippen molar-refractivity contribution < 1.29 is 9.32 Å². The van der Waals surface area contributed by atoms with E-state index < -0.39 is 0 Å². The summed E-state index contributed by atoms with van der Waals surface area (Å²) >= 11 is 0. The van der Waals surface area contributed by atoms with E-state index in [4.69, 9.17) is 4.52 Å². The summed E-state index contributed by atoms with van der Waals surface area (Å²) in [5, 5.41) is 6.79. The smallest absolute Gasteiger partial charge is 0.261 e. The molecule has 0 radical (unpaired) electrons. The number of benzene rings is 1. The van der Waals surface area contributed by atoms with Gasteiger partial charge in [0, 0.05) is 17.4 Å². The summed E-state index contributed by atoms with van der Waals surface area (Å²) in [6.07, 6.45) is 2.34. The summed E-state index contributed by atoms with van der Waals surface area (Å²) in [4.78, 5) is 16.7. The molecule has 25 heavy (non-hydrogen) atoms. The van der Waals surface area contributed by atoms with Gasteiger partial charge < -0.3 is 9.84 Å². The normalized spacial score (nSPS) is 10.0. The number of anilines is 1. The van der Waals surface area contributed by atoms with Crippen LogP contribution in [0.5, 0.6) is 0 Å². The van der Waals surface area contributed by atoms with E-state index in [1.165, 1.54) is 0 Å². The lowest BCUT2D eigenvalue weighted by atomic mass is 10.1. The van der Waals surface area contributed by atoms with Gasteiger partial charge in [-0.1, -0.05) is 30.1 Å². The summed E-state index contributed by atoms with van der Waals surface area (Å²) in [5.74, 6) is 6.33. The third kappa shape index (κ3) is 3.93. The van der Waals surface area contributed by atoms with Crippen molar-refractivity contribution in [2.75, 3.05) is 5.32 Å². The molecule has 3 aromatic rings. The molecule has 5 heteroatoms. The summed E-state index contributed by atoms with van der Waals surface area (Å²) < 4.78 is 5.12. The zero-order chi connectivity index (χ0) is 17.6. The summed E-state index contributed by atoms with van der Waals surface area (Å²) in [6, 6.07) is 13.0. The van der Waals surface area contributed by atoms with Gasteiger partial charge in [0.15, 0.2) is 0 Å². The number of carbonyl (C=O) groups excluding carboxylic acids is 1. The van der Waals surface area contributed by atoms with Crippen LogP contribution in [0.3, 0.4) is 0 Å². The number of nitrogens with zero attached hydrogens (tertiary/aromatic N) is 2. The van der Waals surface area contributed by atoms with E-state index in [0.29, 0.717) is 34.8 Å². The number of hydrogen-bond acceptors (Lipinski definition) is 4. The standard InChI is InChI=1S/C20H17N3O2/c1-3-18-19(14(2)25-23-18)20(24)22-17-9-6-7-15(13-17)10-11-16-8-4-5-12-21-16/h4-9,12-13H,3H2,1-2H3,(H,22,24). The van der Waals surface area contributed by atoms with Crippen LogP contribution in [0.15, 0.2) is 53.2 Å². The van der Waals surface area contributed by atoms with E-state index in [1.807, 2.05) is 49.4 Å². The third-order valence-electron chi connectivity index (χ3n) is 3.62. The Hall–Kier alpha value is -3.39. The maximum Gasteiger partial charge on any atom is 0.261 e. The van der Waals surface area contributed by atoms with E-state index in [2.05, 4.69) is 27.3 Å². The van der Waals surface area contributed by atoms with Crippen LogP contribution in [0, 0.1) is 18.8 Å². The van der Waals surface area contributed by atoms with Crippen molar-refractivity contribution in [3.8, 4) is 11.8 Å². The van der Waals surface area contributed by atoms with Gasteiger partial charge in [-0.05, 0) is 49.6 Å². The second-order valence-corrected chi connectivity index (χ2v) is 5.41. The summed E-state index contributed by atoms with van der Waals surface area (Å²) in [6.45, 7) is 3.66. The van der Waals surface area contributed by atoms with Gasteiger partial charge in [0.2, 0.25) is 0 Å². The molecule has 3 rings (SSSR count). The van der Waals surface area contributed by atoms with Crippen LogP contribution in [-0.4, -0.2) is 16.0 Å². The van der Waals surface area contributed by atoms with Crippen LogP contribution in [-0.2, 0) is 6.42 Å². The lowest BCUT2D eigenvalue weighted by Crippen LogP contribution is -2.14. The molecule has 0 saturated heterocycles. The summed E-state index contributed by atoms with van der Waals surface area (Å²) in [5.41, 5.74) is 3.31. The second-order valence-electron chi connectivity index (χ2n) is 5.41. The molecule has 0 aliphatic carbocycles. The fourth-order valence-electron chi connectivity index (χ4n) is 2.39. The Morgan fingerprint density at radius 3 is 2.84 bits per heavy atom. The van der Waals surface area contributed by atoms with Gasteiger partial charge in [-0.2, -0.15) is 0 Å². The van der Waals surface area contributed by atoms with Crippen LogP contribution < -0.4 is 5.32 Å². The number of amides is 1. The molecule has 1 N–H and O–H groups in total. The van der Waals surface area contributed by atoms with Crippen LogP contribution in [0.25, 0.3) is 0 Å². The fraction of sp³-hybridized carbons (Fsp3) is 0.150. The Labute approximate surface area is 146 Å². The van der Waals surface area contributed by atoms with Crippen molar-refractivity contribution in [2.45, 2.75) is 20.3 Å². The van der Waals surface area contributed by atoms with Crippen LogP contribution >= 0.6 is 0 Å². The van der Waals surface area contributed by atoms with Crippen LogP contribution in [0.4, 0.5) is 5.69 Å². The average molecular weight is 331 g/mol. The van der Waals surface area contributed by atoms with Gasteiger partial charge in [0.1, 0.15) is 17.0 Å². The van der Waals surface area contributed by atoms with E-state index >= 15 is 0 Å². The van der Waals surface area contributed by atoms with Gasteiger partial charge in [-0.25, -0.2) is 4.98 Å². The van der Waals surface area contributed by atoms with Crippen molar-refractivity contribution in [1.29, 1.82) is 0 Å². The topological polar surface area (TPSA) is 68.0 Å². The molecule has 2 heterocycles. The maximum absolute atomic E-state index is 12.5. The SMILES string of the molecule is CCc1noc(C)c1C(=O)Nc1cccc(C#Cc2ccccn2)c1. The summed E-state index contributed by atoms with van der Waals surface area (Å²) in [7, 11) is 0. The molecule has 0 aliphatic rings. The van der Waals surface area contributed by atoms with Gasteiger partial charge in [-0.3, -0.25) is 4.79 Å². The molecule has 0 saturated carbocycles. The minimum Gasteiger partial charge on any atom is -0.361 e. The number of nitrogens with one attached hydrogen (secondary N) is 1. The van der Waals surface area contributed by atoms with E-state index in [9.17, 15) is 4.79 Å². The molecule has 2 aromatic heterocycles. The first kappa shape index (κ1) is 16.5. The Bertz CT molecular complexity index is 950. The second kappa shape index (κ2) is 7.45. The van der Waals surface area contributed by atoms with E-state index in [-0.39, 0.29) is 5.91 Å². The van der Waals surface area contributed by atoms with Gasteiger partial charge >= 0.3 is 0 Å². The van der Waals surface area contributed by atoms with Crippen LogP contribution in [0.1, 0.15) is 40.0 Å². The number of aryl methyl sites for hydroxylation is 2. The fourth-order valence-corrected chi connectivity index (χ4v) is 2.39. The highest BCUT2D eigenvalue weighted by molar-refractivity contribution is 6.05. The third-order valence-corrected chi connectivity index (χ3v) is 3.62. The molecule has 1 amide bonds.